The molecule has 0 aromatic heterocycles. The number of hydrogen-bond acceptors (Lipinski definition) is 3. The minimum Gasteiger partial charge on any atom is -0.494 e. The molecule has 0 aliphatic heterocycles. The van der Waals surface area contributed by atoms with Gasteiger partial charge in [0, 0.05) is 6.42 Å². The highest BCUT2D eigenvalue weighted by atomic mass is 16.5. The van der Waals surface area contributed by atoms with E-state index >= 15 is 0 Å². The van der Waals surface area contributed by atoms with Crippen molar-refractivity contribution in [3.8, 4) is 5.75 Å². The SMILES string of the molecule is CCCOc1cccc(C(O)CC=O)c1. The maximum atomic E-state index is 10.3. The lowest BCUT2D eigenvalue weighted by atomic mass is 10.1. The summed E-state index contributed by atoms with van der Waals surface area (Å²) in [5.41, 5.74) is 0.718. The van der Waals surface area contributed by atoms with E-state index < -0.39 is 6.10 Å². The molecular weight excluding hydrogens is 192 g/mol. The van der Waals surface area contributed by atoms with E-state index in [1.807, 2.05) is 19.1 Å². The monoisotopic (exact) mass is 208 g/mol. The van der Waals surface area contributed by atoms with Gasteiger partial charge < -0.3 is 14.6 Å². The quantitative estimate of drug-likeness (QED) is 0.728. The van der Waals surface area contributed by atoms with Crippen molar-refractivity contribution in [2.75, 3.05) is 6.61 Å². The molecule has 0 bridgehead atoms. The second-order valence-corrected chi connectivity index (χ2v) is 3.34. The zero-order valence-electron chi connectivity index (χ0n) is 8.85. The number of rotatable bonds is 6. The van der Waals surface area contributed by atoms with E-state index in [2.05, 4.69) is 0 Å². The van der Waals surface area contributed by atoms with Crippen molar-refractivity contribution in [1.29, 1.82) is 0 Å². The van der Waals surface area contributed by atoms with Gasteiger partial charge in [0.2, 0.25) is 0 Å². The second-order valence-electron chi connectivity index (χ2n) is 3.34. The van der Waals surface area contributed by atoms with Crippen LogP contribution >= 0.6 is 0 Å². The summed E-state index contributed by atoms with van der Waals surface area (Å²) in [5, 5.41) is 9.58. The van der Waals surface area contributed by atoms with Gasteiger partial charge in [-0.2, -0.15) is 0 Å². The number of hydrogen-bond donors (Lipinski definition) is 1. The van der Waals surface area contributed by atoms with Crippen LogP contribution in [0.1, 0.15) is 31.4 Å². The maximum absolute atomic E-state index is 10.3. The van der Waals surface area contributed by atoms with Crippen LogP contribution < -0.4 is 4.74 Å². The molecule has 0 spiro atoms. The molecule has 1 unspecified atom stereocenters. The average molecular weight is 208 g/mol. The topological polar surface area (TPSA) is 46.5 Å². The Labute approximate surface area is 89.7 Å². The van der Waals surface area contributed by atoms with Gasteiger partial charge in [0.1, 0.15) is 12.0 Å². The molecule has 1 atom stereocenters. The highest BCUT2D eigenvalue weighted by Gasteiger charge is 2.07. The lowest BCUT2D eigenvalue weighted by molar-refractivity contribution is -0.109. The summed E-state index contributed by atoms with van der Waals surface area (Å²) >= 11 is 0. The van der Waals surface area contributed by atoms with E-state index in [9.17, 15) is 9.90 Å². The van der Waals surface area contributed by atoms with Crippen LogP contribution in [0.3, 0.4) is 0 Å². The predicted octanol–water partition coefficient (Wildman–Crippen LogP) is 2.10. The Kier molecular flexibility index (Phi) is 4.84. The fourth-order valence-corrected chi connectivity index (χ4v) is 1.26. The van der Waals surface area contributed by atoms with Crippen LogP contribution in [0.25, 0.3) is 0 Å². The standard InChI is InChI=1S/C12H16O3/c1-2-8-15-11-5-3-4-10(9-11)12(14)6-7-13/h3-5,7,9,12,14H,2,6,8H2,1H3. The number of carbonyl (C=O) groups is 1. The van der Waals surface area contributed by atoms with Gasteiger partial charge in [-0.25, -0.2) is 0 Å². The summed E-state index contributed by atoms with van der Waals surface area (Å²) < 4.78 is 5.42. The van der Waals surface area contributed by atoms with Crippen LogP contribution in [0.4, 0.5) is 0 Å². The first-order valence-corrected chi connectivity index (χ1v) is 5.12. The Morgan fingerprint density at radius 3 is 3.00 bits per heavy atom. The van der Waals surface area contributed by atoms with Crippen LogP contribution in [0.15, 0.2) is 24.3 Å². The van der Waals surface area contributed by atoms with Crippen molar-refractivity contribution in [3.05, 3.63) is 29.8 Å². The maximum Gasteiger partial charge on any atom is 0.122 e. The number of aldehydes is 1. The molecule has 0 saturated heterocycles. The predicted molar refractivity (Wildman–Crippen MR) is 57.9 cm³/mol. The molecule has 0 aliphatic rings. The molecular formula is C12H16O3. The average Bonchev–Trinajstić information content (AvgIpc) is 2.27. The molecule has 0 aliphatic carbocycles. The molecule has 0 saturated carbocycles. The third kappa shape index (κ3) is 3.72. The van der Waals surface area contributed by atoms with Crippen molar-refractivity contribution in [2.24, 2.45) is 0 Å². The third-order valence-corrected chi connectivity index (χ3v) is 2.04. The van der Waals surface area contributed by atoms with Crippen LogP contribution in [0, 0.1) is 0 Å². The van der Waals surface area contributed by atoms with Crippen LogP contribution in [0.2, 0.25) is 0 Å². The first-order chi connectivity index (χ1) is 7.27. The van der Waals surface area contributed by atoms with Crippen molar-refractivity contribution < 1.29 is 14.6 Å². The van der Waals surface area contributed by atoms with Crippen molar-refractivity contribution in [3.63, 3.8) is 0 Å². The Hall–Kier alpha value is -1.35. The second kappa shape index (κ2) is 6.19. The van der Waals surface area contributed by atoms with E-state index in [-0.39, 0.29) is 6.42 Å². The number of ether oxygens (including phenoxy) is 1. The molecule has 1 aromatic rings. The van der Waals surface area contributed by atoms with Gasteiger partial charge in [0.25, 0.3) is 0 Å². The first-order valence-electron chi connectivity index (χ1n) is 5.12. The molecule has 15 heavy (non-hydrogen) atoms. The number of aliphatic hydroxyl groups excluding tert-OH is 1. The minimum atomic E-state index is -0.729. The van der Waals surface area contributed by atoms with E-state index in [1.165, 1.54) is 0 Å². The molecule has 0 fully saturated rings. The fraction of sp³-hybridized carbons (Fsp3) is 0.417. The van der Waals surface area contributed by atoms with Crippen molar-refractivity contribution >= 4 is 6.29 Å². The summed E-state index contributed by atoms with van der Waals surface area (Å²) in [6.45, 7) is 2.69. The summed E-state index contributed by atoms with van der Waals surface area (Å²) in [4.78, 5) is 10.3. The number of aliphatic hydroxyl groups is 1. The molecule has 3 nitrogen and oxygen atoms in total. The Morgan fingerprint density at radius 1 is 1.53 bits per heavy atom. The number of carbonyl (C=O) groups excluding carboxylic acids is 1. The van der Waals surface area contributed by atoms with Gasteiger partial charge in [-0.15, -0.1) is 0 Å². The summed E-state index contributed by atoms with van der Waals surface area (Å²) in [6.07, 6.45) is 1.05. The van der Waals surface area contributed by atoms with E-state index in [0.717, 1.165) is 17.7 Å². The minimum absolute atomic E-state index is 0.122. The van der Waals surface area contributed by atoms with E-state index in [0.29, 0.717) is 12.9 Å². The molecule has 0 radical (unpaired) electrons. The van der Waals surface area contributed by atoms with Gasteiger partial charge in [-0.3, -0.25) is 0 Å². The Balaban J connectivity index is 2.68. The first kappa shape index (κ1) is 11.7. The third-order valence-electron chi connectivity index (χ3n) is 2.04. The lowest BCUT2D eigenvalue weighted by Gasteiger charge is -2.10. The highest BCUT2D eigenvalue weighted by Crippen LogP contribution is 2.20. The van der Waals surface area contributed by atoms with E-state index in [1.54, 1.807) is 12.1 Å². The van der Waals surface area contributed by atoms with Crippen molar-refractivity contribution in [1.82, 2.24) is 0 Å². The van der Waals surface area contributed by atoms with Gasteiger partial charge in [-0.1, -0.05) is 19.1 Å². The summed E-state index contributed by atoms with van der Waals surface area (Å²) in [5.74, 6) is 0.735. The van der Waals surface area contributed by atoms with Crippen LogP contribution in [-0.4, -0.2) is 18.0 Å². The van der Waals surface area contributed by atoms with Crippen LogP contribution in [-0.2, 0) is 4.79 Å². The smallest absolute Gasteiger partial charge is 0.122 e. The molecule has 0 heterocycles. The fourth-order valence-electron chi connectivity index (χ4n) is 1.26. The van der Waals surface area contributed by atoms with Gasteiger partial charge in [0.15, 0.2) is 0 Å². The Bertz CT molecular complexity index is 309. The molecule has 1 N–H and O–H groups in total. The zero-order chi connectivity index (χ0) is 11.1. The molecule has 0 amide bonds. The van der Waals surface area contributed by atoms with Gasteiger partial charge in [0.05, 0.1) is 12.7 Å². The summed E-state index contributed by atoms with van der Waals surface area (Å²) in [7, 11) is 0. The van der Waals surface area contributed by atoms with Gasteiger partial charge >= 0.3 is 0 Å². The largest absolute Gasteiger partial charge is 0.494 e. The van der Waals surface area contributed by atoms with Crippen molar-refractivity contribution in [2.45, 2.75) is 25.9 Å². The van der Waals surface area contributed by atoms with Crippen LogP contribution in [0.5, 0.6) is 5.75 Å². The normalized spacial score (nSPS) is 12.1. The highest BCUT2D eigenvalue weighted by molar-refractivity contribution is 5.51. The zero-order valence-corrected chi connectivity index (χ0v) is 8.85. The lowest BCUT2D eigenvalue weighted by Crippen LogP contribution is -2.00. The number of benzene rings is 1. The Morgan fingerprint density at radius 2 is 2.33 bits per heavy atom. The van der Waals surface area contributed by atoms with E-state index in [4.69, 9.17) is 4.74 Å². The molecule has 1 rings (SSSR count). The molecule has 1 aromatic carbocycles. The van der Waals surface area contributed by atoms with Gasteiger partial charge in [-0.05, 0) is 24.1 Å². The molecule has 3 heteroatoms. The summed E-state index contributed by atoms with van der Waals surface area (Å²) in [6, 6.07) is 7.21. The molecule has 82 valence electrons.